The molecule has 0 spiro atoms. The van der Waals surface area contributed by atoms with E-state index in [0.29, 0.717) is 12.1 Å². The summed E-state index contributed by atoms with van der Waals surface area (Å²) in [5.74, 6) is 0. The van der Waals surface area contributed by atoms with Crippen LogP contribution in [0.1, 0.15) is 56.5 Å². The van der Waals surface area contributed by atoms with Crippen molar-refractivity contribution in [1.29, 1.82) is 0 Å². The van der Waals surface area contributed by atoms with E-state index in [1.807, 2.05) is 11.3 Å². The summed E-state index contributed by atoms with van der Waals surface area (Å²) in [4.78, 5) is 1.44. The summed E-state index contributed by atoms with van der Waals surface area (Å²) in [6.07, 6.45) is 3.74. The summed E-state index contributed by atoms with van der Waals surface area (Å²) in [5, 5.41) is 5.85. The minimum atomic E-state index is 0.295. The van der Waals surface area contributed by atoms with E-state index in [1.165, 1.54) is 16.9 Å². The molecule has 0 saturated heterocycles. The van der Waals surface area contributed by atoms with Crippen LogP contribution in [0.2, 0.25) is 0 Å². The van der Waals surface area contributed by atoms with E-state index in [9.17, 15) is 0 Å². The highest BCUT2D eigenvalue weighted by Gasteiger charge is 2.24. The monoisotopic (exact) mass is 269 g/mol. The molecule has 1 aromatic rings. The Morgan fingerprint density at radius 2 is 2.06 bits per heavy atom. The van der Waals surface area contributed by atoms with Crippen LogP contribution in [0.25, 0.3) is 0 Å². The molecule has 0 aliphatic rings. The fourth-order valence-corrected chi connectivity index (χ4v) is 3.30. The van der Waals surface area contributed by atoms with Crippen molar-refractivity contribution in [3.05, 3.63) is 21.9 Å². The molecule has 0 aliphatic heterocycles. The molecule has 0 bridgehead atoms. The normalized spacial score (nSPS) is 14.7. The molecule has 104 valence electrons. The van der Waals surface area contributed by atoms with Gasteiger partial charge in [0, 0.05) is 11.5 Å². The first-order valence-electron chi connectivity index (χ1n) is 7.13. The van der Waals surface area contributed by atoms with Crippen molar-refractivity contribution in [1.82, 2.24) is 5.32 Å². The molecule has 1 aromatic heterocycles. The van der Waals surface area contributed by atoms with Crippen LogP contribution >= 0.6 is 11.3 Å². The summed E-state index contributed by atoms with van der Waals surface area (Å²) in [7, 11) is 0. The van der Waals surface area contributed by atoms with E-state index in [-0.39, 0.29) is 0 Å². The SMILES string of the molecule is CCCNC(c1sccc1C)C(CCC)OCC. The van der Waals surface area contributed by atoms with Crippen molar-refractivity contribution < 1.29 is 4.74 Å². The second kappa shape index (κ2) is 8.68. The summed E-state index contributed by atoms with van der Waals surface area (Å²) >= 11 is 1.85. The maximum absolute atomic E-state index is 5.96. The molecular weight excluding hydrogens is 242 g/mol. The van der Waals surface area contributed by atoms with Crippen LogP contribution in [0.3, 0.4) is 0 Å². The Balaban J connectivity index is 2.84. The van der Waals surface area contributed by atoms with Crippen LogP contribution in [-0.4, -0.2) is 19.3 Å². The molecule has 18 heavy (non-hydrogen) atoms. The number of hydrogen-bond acceptors (Lipinski definition) is 3. The molecule has 0 saturated carbocycles. The fourth-order valence-electron chi connectivity index (χ4n) is 2.24. The highest BCUT2D eigenvalue weighted by Crippen LogP contribution is 2.29. The van der Waals surface area contributed by atoms with E-state index in [1.54, 1.807) is 0 Å². The molecule has 0 aromatic carbocycles. The Kier molecular flexibility index (Phi) is 7.56. The molecule has 0 aliphatic carbocycles. The third-order valence-corrected chi connectivity index (χ3v) is 4.23. The van der Waals surface area contributed by atoms with Gasteiger partial charge >= 0.3 is 0 Å². The Morgan fingerprint density at radius 1 is 1.28 bits per heavy atom. The lowest BCUT2D eigenvalue weighted by molar-refractivity contribution is 0.0284. The summed E-state index contributed by atoms with van der Waals surface area (Å²) in [6, 6.07) is 2.56. The third kappa shape index (κ3) is 4.38. The van der Waals surface area contributed by atoms with Crippen molar-refractivity contribution in [2.75, 3.05) is 13.2 Å². The van der Waals surface area contributed by atoms with Crippen molar-refractivity contribution in [2.45, 2.75) is 59.1 Å². The van der Waals surface area contributed by atoms with Gasteiger partial charge in [-0.25, -0.2) is 0 Å². The molecule has 2 atom stereocenters. The van der Waals surface area contributed by atoms with Gasteiger partial charge in [-0.3, -0.25) is 0 Å². The Morgan fingerprint density at radius 3 is 2.56 bits per heavy atom. The van der Waals surface area contributed by atoms with Crippen LogP contribution in [0, 0.1) is 6.92 Å². The zero-order valence-electron chi connectivity index (χ0n) is 12.2. The van der Waals surface area contributed by atoms with E-state index in [2.05, 4.69) is 44.5 Å². The van der Waals surface area contributed by atoms with Crippen LogP contribution in [0.4, 0.5) is 0 Å². The number of ether oxygens (including phenoxy) is 1. The summed E-state index contributed by atoms with van der Waals surface area (Å²) < 4.78 is 5.96. The van der Waals surface area contributed by atoms with Gasteiger partial charge in [0.2, 0.25) is 0 Å². The molecule has 1 N–H and O–H groups in total. The van der Waals surface area contributed by atoms with Gasteiger partial charge in [0.05, 0.1) is 12.1 Å². The van der Waals surface area contributed by atoms with Crippen molar-refractivity contribution >= 4 is 11.3 Å². The average Bonchev–Trinajstić information content (AvgIpc) is 2.77. The molecule has 0 fully saturated rings. The number of thiophene rings is 1. The van der Waals surface area contributed by atoms with Gasteiger partial charge in [-0.2, -0.15) is 0 Å². The third-order valence-electron chi connectivity index (χ3n) is 3.12. The molecule has 0 radical (unpaired) electrons. The topological polar surface area (TPSA) is 21.3 Å². The zero-order chi connectivity index (χ0) is 13.4. The highest BCUT2D eigenvalue weighted by molar-refractivity contribution is 7.10. The minimum Gasteiger partial charge on any atom is -0.376 e. The number of hydrogen-bond donors (Lipinski definition) is 1. The van der Waals surface area contributed by atoms with Gasteiger partial charge in [-0.05, 0) is 50.2 Å². The lowest BCUT2D eigenvalue weighted by Crippen LogP contribution is -2.34. The van der Waals surface area contributed by atoms with Gasteiger partial charge in [0.25, 0.3) is 0 Å². The van der Waals surface area contributed by atoms with Crippen molar-refractivity contribution in [3.63, 3.8) is 0 Å². The Labute approximate surface area is 116 Å². The lowest BCUT2D eigenvalue weighted by Gasteiger charge is -2.28. The van der Waals surface area contributed by atoms with Gasteiger partial charge in [0.1, 0.15) is 0 Å². The van der Waals surface area contributed by atoms with Crippen LogP contribution < -0.4 is 5.32 Å². The predicted molar refractivity (Wildman–Crippen MR) is 80.4 cm³/mol. The van der Waals surface area contributed by atoms with E-state index < -0.39 is 0 Å². The Bertz CT molecular complexity index is 318. The molecule has 3 heteroatoms. The van der Waals surface area contributed by atoms with E-state index in [0.717, 1.165) is 26.0 Å². The van der Waals surface area contributed by atoms with Gasteiger partial charge < -0.3 is 10.1 Å². The largest absolute Gasteiger partial charge is 0.376 e. The average molecular weight is 269 g/mol. The first-order chi connectivity index (χ1) is 8.74. The maximum atomic E-state index is 5.96. The molecular formula is C15H27NOS. The molecule has 1 rings (SSSR count). The van der Waals surface area contributed by atoms with Gasteiger partial charge in [-0.1, -0.05) is 20.3 Å². The van der Waals surface area contributed by atoms with Crippen molar-refractivity contribution in [3.8, 4) is 0 Å². The zero-order valence-corrected chi connectivity index (χ0v) is 13.0. The standard InChI is InChI=1S/C15H27NOS/c1-5-8-13(17-7-3)14(16-10-6-2)15-12(4)9-11-18-15/h9,11,13-14,16H,5-8,10H2,1-4H3. The fraction of sp³-hybridized carbons (Fsp3) is 0.733. The van der Waals surface area contributed by atoms with Gasteiger partial charge in [-0.15, -0.1) is 11.3 Å². The van der Waals surface area contributed by atoms with Crippen molar-refractivity contribution in [2.24, 2.45) is 0 Å². The van der Waals surface area contributed by atoms with E-state index >= 15 is 0 Å². The molecule has 1 heterocycles. The van der Waals surface area contributed by atoms with E-state index in [4.69, 9.17) is 4.74 Å². The van der Waals surface area contributed by atoms with Crippen LogP contribution in [-0.2, 0) is 4.74 Å². The second-order valence-electron chi connectivity index (χ2n) is 4.68. The predicted octanol–water partition coefficient (Wildman–Crippen LogP) is 4.30. The summed E-state index contributed by atoms with van der Waals surface area (Å²) in [5.41, 5.74) is 1.38. The highest BCUT2D eigenvalue weighted by atomic mass is 32.1. The summed E-state index contributed by atoms with van der Waals surface area (Å²) in [6.45, 7) is 10.6. The molecule has 2 nitrogen and oxygen atoms in total. The first-order valence-corrected chi connectivity index (χ1v) is 8.01. The Hall–Kier alpha value is -0.380. The first kappa shape index (κ1) is 15.7. The number of nitrogens with one attached hydrogen (secondary N) is 1. The smallest absolute Gasteiger partial charge is 0.0777 e. The van der Waals surface area contributed by atoms with Crippen LogP contribution in [0.5, 0.6) is 0 Å². The van der Waals surface area contributed by atoms with Crippen LogP contribution in [0.15, 0.2) is 11.4 Å². The van der Waals surface area contributed by atoms with Gasteiger partial charge in [0.15, 0.2) is 0 Å². The maximum Gasteiger partial charge on any atom is 0.0777 e. The second-order valence-corrected chi connectivity index (χ2v) is 5.63. The minimum absolute atomic E-state index is 0.295. The lowest BCUT2D eigenvalue weighted by atomic mass is 10.0. The quantitative estimate of drug-likeness (QED) is 0.721. The number of aryl methyl sites for hydroxylation is 1. The molecule has 0 amide bonds. The number of rotatable bonds is 9. The molecule has 2 unspecified atom stereocenters.